The van der Waals surface area contributed by atoms with Crippen LogP contribution in [0.1, 0.15) is 49.5 Å². The van der Waals surface area contributed by atoms with E-state index in [4.69, 9.17) is 4.74 Å². The number of alkyl carbamates (subject to hydrolysis) is 1. The number of nitrogens with zero attached hydrogens (tertiary/aromatic N) is 1. The molecule has 1 aliphatic carbocycles. The van der Waals surface area contributed by atoms with Crippen LogP contribution in [0.15, 0.2) is 53.4 Å². The van der Waals surface area contributed by atoms with Crippen molar-refractivity contribution in [3.8, 4) is 0 Å². The fraction of sp³-hybridized carbons (Fsp3) is 0.423. The average Bonchev–Trinajstić information content (AvgIpc) is 3.41. The number of anilines is 1. The molecule has 1 fully saturated rings. The molecule has 1 aliphatic heterocycles. The molecule has 2 aromatic carbocycles. The molecule has 2 aliphatic rings. The van der Waals surface area contributed by atoms with Crippen molar-refractivity contribution < 1.29 is 27.9 Å². The second-order valence-corrected chi connectivity index (χ2v) is 11.0. The number of halogens is 2. The molecule has 2 aromatic rings. The van der Waals surface area contributed by atoms with Crippen molar-refractivity contribution in [3.63, 3.8) is 0 Å². The lowest BCUT2D eigenvalue weighted by Gasteiger charge is -2.27. The Hall–Kier alpha value is -2.94. The van der Waals surface area contributed by atoms with E-state index in [0.29, 0.717) is 5.69 Å². The van der Waals surface area contributed by atoms with Crippen LogP contribution in [0.3, 0.4) is 0 Å². The van der Waals surface area contributed by atoms with Crippen LogP contribution in [-0.2, 0) is 16.1 Å². The molecular weight excluding hydrogens is 474 g/mol. The van der Waals surface area contributed by atoms with Crippen LogP contribution in [-0.4, -0.2) is 41.1 Å². The Labute approximate surface area is 207 Å². The number of Topliss-reactive ketones (excluding diaryl/α,β-unsaturated/α-hetero) is 1. The molecule has 6 nitrogen and oxygen atoms in total. The molecule has 1 heterocycles. The number of ketones is 1. The van der Waals surface area contributed by atoms with E-state index in [1.165, 1.54) is 16.7 Å². The Bertz CT molecular complexity index is 1130. The Kier molecular flexibility index (Phi) is 6.90. The molecule has 2 atom stereocenters. The number of carbonyl (C=O) groups is 3. The van der Waals surface area contributed by atoms with E-state index in [9.17, 15) is 23.2 Å². The van der Waals surface area contributed by atoms with E-state index in [2.05, 4.69) is 5.32 Å². The van der Waals surface area contributed by atoms with Crippen LogP contribution in [0.4, 0.5) is 19.3 Å². The molecule has 9 heteroatoms. The Balaban J connectivity index is 1.62. The molecule has 0 bridgehead atoms. The van der Waals surface area contributed by atoms with Gasteiger partial charge in [-0.3, -0.25) is 9.59 Å². The number of hydrogen-bond acceptors (Lipinski definition) is 5. The maximum absolute atomic E-state index is 13.6. The molecular formula is C26H28F2N2O4S. The Morgan fingerprint density at radius 1 is 1.17 bits per heavy atom. The van der Waals surface area contributed by atoms with E-state index in [1.54, 1.807) is 39.0 Å². The van der Waals surface area contributed by atoms with Gasteiger partial charge in [-0.1, -0.05) is 36.4 Å². The second kappa shape index (κ2) is 9.60. The van der Waals surface area contributed by atoms with Crippen molar-refractivity contribution in [2.75, 3.05) is 10.7 Å². The summed E-state index contributed by atoms with van der Waals surface area (Å²) in [6.45, 7) is 5.44. The number of amides is 2. The summed E-state index contributed by atoms with van der Waals surface area (Å²) in [5.74, 6) is -4.14. The lowest BCUT2D eigenvalue weighted by Crippen LogP contribution is -2.50. The van der Waals surface area contributed by atoms with Crippen molar-refractivity contribution in [1.29, 1.82) is 0 Å². The molecule has 0 saturated heterocycles. The number of benzene rings is 2. The minimum atomic E-state index is -2.77. The SMILES string of the molecule is CC(C)(C)OC(=O)N[C@H]1CSc2ccc(C(=O)C[C@@H]3CC3(F)F)cc2N(Cc2ccccc2)C1=O. The summed E-state index contributed by atoms with van der Waals surface area (Å²) in [6.07, 6.45) is -1.19. The third-order valence-corrected chi connectivity index (χ3v) is 6.96. The molecule has 0 aromatic heterocycles. The summed E-state index contributed by atoms with van der Waals surface area (Å²) in [5, 5.41) is 2.67. The third kappa shape index (κ3) is 6.20. The van der Waals surface area contributed by atoms with E-state index < -0.39 is 29.6 Å². The highest BCUT2D eigenvalue weighted by Crippen LogP contribution is 2.51. The standard InChI is InChI=1S/C26H28F2N2O4S/c1-25(2,3)34-24(33)29-19-15-35-22-10-9-17(21(31)12-18-13-26(18,27)28)11-20(22)30(23(19)32)14-16-7-5-4-6-8-16/h4-11,18-19H,12-15H2,1-3H3,(H,29,33)/t18-,19+/m1/s1. The number of carbonyl (C=O) groups excluding carboxylic acids is 3. The van der Waals surface area contributed by atoms with Crippen molar-refractivity contribution in [2.45, 2.75) is 62.6 Å². The second-order valence-electron chi connectivity index (χ2n) is 9.89. The van der Waals surface area contributed by atoms with Gasteiger partial charge in [-0.05, 0) is 38.5 Å². The summed E-state index contributed by atoms with van der Waals surface area (Å²) in [5.41, 5.74) is 0.956. The van der Waals surface area contributed by atoms with Gasteiger partial charge >= 0.3 is 6.09 Å². The third-order valence-electron chi connectivity index (χ3n) is 5.80. The summed E-state index contributed by atoms with van der Waals surface area (Å²) in [4.78, 5) is 41.1. The van der Waals surface area contributed by atoms with Gasteiger partial charge in [-0.25, -0.2) is 13.6 Å². The predicted octanol–water partition coefficient (Wildman–Crippen LogP) is 5.45. The molecule has 1 N–H and O–H groups in total. The van der Waals surface area contributed by atoms with Gasteiger partial charge in [0, 0.05) is 35.0 Å². The number of ether oxygens (including phenoxy) is 1. The number of thioether (sulfide) groups is 1. The fourth-order valence-electron chi connectivity index (χ4n) is 3.89. The van der Waals surface area contributed by atoms with Gasteiger partial charge in [0.05, 0.1) is 12.2 Å². The molecule has 2 amide bonds. The van der Waals surface area contributed by atoms with Gasteiger partial charge in [-0.2, -0.15) is 0 Å². The highest BCUT2D eigenvalue weighted by molar-refractivity contribution is 7.99. The van der Waals surface area contributed by atoms with Gasteiger partial charge in [0.15, 0.2) is 5.78 Å². The molecule has 0 radical (unpaired) electrons. The van der Waals surface area contributed by atoms with Crippen LogP contribution in [0.5, 0.6) is 0 Å². The van der Waals surface area contributed by atoms with Crippen LogP contribution in [0, 0.1) is 5.92 Å². The predicted molar refractivity (Wildman–Crippen MR) is 130 cm³/mol. The van der Waals surface area contributed by atoms with E-state index in [0.717, 1.165) is 10.5 Å². The molecule has 1 saturated carbocycles. The largest absolute Gasteiger partial charge is 0.444 e. The molecule has 0 spiro atoms. The highest BCUT2D eigenvalue weighted by atomic mass is 32.2. The molecule has 186 valence electrons. The lowest BCUT2D eigenvalue weighted by molar-refractivity contribution is -0.120. The number of hydrogen-bond donors (Lipinski definition) is 1. The first kappa shape index (κ1) is 25.2. The molecule has 4 rings (SSSR count). The first-order chi connectivity index (χ1) is 16.4. The number of alkyl halides is 2. The first-order valence-electron chi connectivity index (χ1n) is 11.5. The van der Waals surface area contributed by atoms with Gasteiger partial charge in [0.1, 0.15) is 11.6 Å². The lowest BCUT2D eigenvalue weighted by atomic mass is 10.0. The zero-order valence-corrected chi connectivity index (χ0v) is 20.7. The first-order valence-corrected chi connectivity index (χ1v) is 12.4. The number of rotatable bonds is 6. The van der Waals surface area contributed by atoms with Crippen molar-refractivity contribution >= 4 is 35.2 Å². The minimum Gasteiger partial charge on any atom is -0.444 e. The van der Waals surface area contributed by atoms with E-state index >= 15 is 0 Å². The van der Waals surface area contributed by atoms with E-state index in [-0.39, 0.29) is 42.4 Å². The maximum atomic E-state index is 13.6. The Morgan fingerprint density at radius 3 is 2.49 bits per heavy atom. The fourth-order valence-corrected chi connectivity index (χ4v) is 4.94. The zero-order valence-electron chi connectivity index (χ0n) is 19.8. The Morgan fingerprint density at radius 2 is 1.86 bits per heavy atom. The smallest absolute Gasteiger partial charge is 0.408 e. The summed E-state index contributed by atoms with van der Waals surface area (Å²) in [7, 11) is 0. The van der Waals surface area contributed by atoms with Crippen LogP contribution >= 0.6 is 11.8 Å². The number of nitrogens with one attached hydrogen (secondary N) is 1. The zero-order chi connectivity index (χ0) is 25.4. The monoisotopic (exact) mass is 502 g/mol. The summed E-state index contributed by atoms with van der Waals surface area (Å²) < 4.78 is 32.0. The van der Waals surface area contributed by atoms with Crippen molar-refractivity contribution in [2.24, 2.45) is 5.92 Å². The summed E-state index contributed by atoms with van der Waals surface area (Å²) in [6, 6.07) is 13.4. The molecule has 0 unspecified atom stereocenters. The molecule has 35 heavy (non-hydrogen) atoms. The quantitative estimate of drug-likeness (QED) is 0.532. The summed E-state index contributed by atoms with van der Waals surface area (Å²) >= 11 is 1.38. The van der Waals surface area contributed by atoms with Gasteiger partial charge in [0.2, 0.25) is 0 Å². The average molecular weight is 503 g/mol. The van der Waals surface area contributed by atoms with Gasteiger partial charge < -0.3 is 15.0 Å². The topological polar surface area (TPSA) is 75.7 Å². The van der Waals surface area contributed by atoms with E-state index in [1.807, 2.05) is 30.3 Å². The van der Waals surface area contributed by atoms with Crippen LogP contribution in [0.2, 0.25) is 0 Å². The van der Waals surface area contributed by atoms with Gasteiger partial charge in [0.25, 0.3) is 11.8 Å². The highest BCUT2D eigenvalue weighted by Gasteiger charge is 2.57. The normalized spacial score (nSPS) is 21.1. The van der Waals surface area contributed by atoms with Crippen molar-refractivity contribution in [1.82, 2.24) is 5.32 Å². The minimum absolute atomic E-state index is 0.220. The van der Waals surface area contributed by atoms with Crippen LogP contribution < -0.4 is 10.2 Å². The maximum Gasteiger partial charge on any atom is 0.408 e. The number of fused-ring (bicyclic) bond motifs is 1. The van der Waals surface area contributed by atoms with Crippen LogP contribution in [0.25, 0.3) is 0 Å². The van der Waals surface area contributed by atoms with Gasteiger partial charge in [-0.15, -0.1) is 11.8 Å². The van der Waals surface area contributed by atoms with Crippen molar-refractivity contribution in [3.05, 3.63) is 59.7 Å².